The Bertz CT molecular complexity index is 1120. The van der Waals surface area contributed by atoms with Crippen molar-refractivity contribution >= 4 is 39.7 Å². The smallest absolute Gasteiger partial charge is 0.251 e. The van der Waals surface area contributed by atoms with Gasteiger partial charge in [-0.05, 0) is 63.3 Å². The first kappa shape index (κ1) is 31.9. The number of amides is 1. The summed E-state index contributed by atoms with van der Waals surface area (Å²) in [6, 6.07) is 14.6. The van der Waals surface area contributed by atoms with Crippen LogP contribution in [-0.2, 0) is 16.4 Å². The number of aliphatic hydroxyl groups excluding tert-OH is 1. The number of carbonyl (C=O) groups is 1. The van der Waals surface area contributed by atoms with Crippen LogP contribution in [0.4, 0.5) is 11.4 Å². The Balaban J connectivity index is 0.00000507. The summed E-state index contributed by atoms with van der Waals surface area (Å²) in [5.74, 6) is -0.244. The molecule has 3 atom stereocenters. The Morgan fingerprint density at radius 3 is 2.50 bits per heavy atom. The van der Waals surface area contributed by atoms with Gasteiger partial charge in [0.05, 0.1) is 23.6 Å². The molecule has 1 aliphatic rings. The molecule has 0 aliphatic carbocycles. The van der Waals surface area contributed by atoms with E-state index in [1.807, 2.05) is 37.3 Å². The fraction of sp³-hybridized carbons (Fsp3) is 0.536. The first-order valence-electron chi connectivity index (χ1n) is 13.4. The lowest BCUT2D eigenvalue weighted by Crippen LogP contribution is -2.49. The van der Waals surface area contributed by atoms with E-state index >= 15 is 0 Å². The Labute approximate surface area is 234 Å². The largest absolute Gasteiger partial charge is 0.390 e. The number of hydrogen-bond acceptors (Lipinski definition) is 6. The molecule has 0 spiro atoms. The van der Waals surface area contributed by atoms with Gasteiger partial charge in [0.2, 0.25) is 10.0 Å². The van der Waals surface area contributed by atoms with E-state index in [1.54, 1.807) is 18.2 Å². The molecule has 2 aromatic rings. The third-order valence-corrected chi connectivity index (χ3v) is 8.54. The minimum absolute atomic E-state index is 0. The molecule has 0 saturated carbocycles. The number of anilines is 2. The van der Waals surface area contributed by atoms with E-state index in [2.05, 4.69) is 29.8 Å². The van der Waals surface area contributed by atoms with Gasteiger partial charge in [-0.25, -0.2) is 8.42 Å². The highest BCUT2D eigenvalue weighted by Crippen LogP contribution is 2.28. The quantitative estimate of drug-likeness (QED) is 0.292. The molecule has 0 bridgehead atoms. The predicted molar refractivity (Wildman–Crippen MR) is 158 cm³/mol. The van der Waals surface area contributed by atoms with Crippen molar-refractivity contribution in [3.63, 3.8) is 0 Å². The molecular formula is C28H43ClN4O4S. The van der Waals surface area contributed by atoms with Crippen LogP contribution in [0.3, 0.4) is 0 Å². The van der Waals surface area contributed by atoms with Crippen LogP contribution in [0.1, 0.15) is 62.4 Å². The Kier molecular flexibility index (Phi) is 12.8. The van der Waals surface area contributed by atoms with Crippen molar-refractivity contribution in [1.82, 2.24) is 10.6 Å². The molecule has 38 heavy (non-hydrogen) atoms. The summed E-state index contributed by atoms with van der Waals surface area (Å²) in [7, 11) is -3.42. The lowest BCUT2D eigenvalue weighted by Gasteiger charge is -2.29. The highest BCUT2D eigenvalue weighted by atomic mass is 35.5. The van der Waals surface area contributed by atoms with Crippen molar-refractivity contribution in [2.75, 3.05) is 35.0 Å². The van der Waals surface area contributed by atoms with Crippen LogP contribution in [0.15, 0.2) is 48.5 Å². The molecule has 4 N–H and O–H groups in total. The molecule has 1 aliphatic heterocycles. The van der Waals surface area contributed by atoms with Crippen LogP contribution in [0, 0.1) is 0 Å². The van der Waals surface area contributed by atoms with Crippen molar-refractivity contribution in [2.45, 2.75) is 71.1 Å². The molecule has 1 amide bonds. The average molecular weight is 567 g/mol. The maximum atomic E-state index is 13.5. The molecule has 8 nitrogen and oxygen atoms in total. The zero-order valence-electron chi connectivity index (χ0n) is 22.7. The predicted octanol–water partition coefficient (Wildman–Crippen LogP) is 3.95. The first-order valence-corrected chi connectivity index (χ1v) is 15.0. The van der Waals surface area contributed by atoms with Crippen LogP contribution in [0.25, 0.3) is 0 Å². The van der Waals surface area contributed by atoms with E-state index in [0.29, 0.717) is 49.4 Å². The summed E-state index contributed by atoms with van der Waals surface area (Å²) in [5.41, 5.74) is 2.53. The molecule has 2 aromatic carbocycles. The number of nitrogens with zero attached hydrogens (tertiary/aromatic N) is 1. The molecule has 212 valence electrons. The number of aliphatic hydroxyl groups is 1. The maximum Gasteiger partial charge on any atom is 0.251 e. The summed E-state index contributed by atoms with van der Waals surface area (Å²) >= 11 is 0. The van der Waals surface area contributed by atoms with Gasteiger partial charge in [-0.15, -0.1) is 12.4 Å². The molecule has 1 unspecified atom stereocenters. The summed E-state index contributed by atoms with van der Waals surface area (Å²) in [4.78, 5) is 13.5. The second-order valence-corrected chi connectivity index (χ2v) is 11.8. The summed E-state index contributed by atoms with van der Waals surface area (Å²) < 4.78 is 26.9. The van der Waals surface area contributed by atoms with E-state index in [0.717, 1.165) is 24.8 Å². The molecule has 0 aromatic heterocycles. The van der Waals surface area contributed by atoms with Crippen LogP contribution in [0.5, 0.6) is 0 Å². The van der Waals surface area contributed by atoms with Gasteiger partial charge in [0.15, 0.2) is 0 Å². The molecule has 3 rings (SSSR count). The van der Waals surface area contributed by atoms with Crippen molar-refractivity contribution in [3.05, 3.63) is 59.7 Å². The van der Waals surface area contributed by atoms with Crippen molar-refractivity contribution < 1.29 is 18.3 Å². The summed E-state index contributed by atoms with van der Waals surface area (Å²) in [6.07, 6.45) is 3.14. The van der Waals surface area contributed by atoms with Crippen molar-refractivity contribution in [1.29, 1.82) is 0 Å². The van der Waals surface area contributed by atoms with Gasteiger partial charge in [0.1, 0.15) is 0 Å². The van der Waals surface area contributed by atoms with Gasteiger partial charge in [0, 0.05) is 36.9 Å². The number of rotatable bonds is 13. The normalized spacial score (nSPS) is 17.1. The van der Waals surface area contributed by atoms with E-state index in [9.17, 15) is 18.3 Å². The molecule has 1 saturated heterocycles. The van der Waals surface area contributed by atoms with Gasteiger partial charge in [0.25, 0.3) is 5.91 Å². The number of nitrogens with one attached hydrogen (secondary N) is 3. The Morgan fingerprint density at radius 2 is 1.84 bits per heavy atom. The monoisotopic (exact) mass is 566 g/mol. The second-order valence-electron chi connectivity index (χ2n) is 9.83. The second kappa shape index (κ2) is 15.3. The molecule has 0 radical (unpaired) electrons. The summed E-state index contributed by atoms with van der Waals surface area (Å²) in [6.45, 7) is 7.54. The third-order valence-electron chi connectivity index (χ3n) is 6.67. The van der Waals surface area contributed by atoms with E-state index in [1.165, 1.54) is 4.31 Å². The Hall–Kier alpha value is -2.33. The van der Waals surface area contributed by atoms with Gasteiger partial charge < -0.3 is 21.1 Å². The number of benzene rings is 2. The first-order chi connectivity index (χ1) is 17.7. The van der Waals surface area contributed by atoms with Crippen molar-refractivity contribution in [3.8, 4) is 0 Å². The van der Waals surface area contributed by atoms with Gasteiger partial charge in [-0.1, -0.05) is 43.7 Å². The molecule has 1 heterocycles. The zero-order valence-corrected chi connectivity index (χ0v) is 24.3. The SMILES string of the molecule is CCCC(C)NC[C@@H](O)[C@H](Cc1ccccc1)NC(=O)c1cc(NCC)cc(N2CCCCS2(=O)=O)c1.Cl. The molecule has 1 fully saturated rings. The fourth-order valence-corrected chi connectivity index (χ4v) is 6.30. The van der Waals surface area contributed by atoms with Crippen molar-refractivity contribution in [2.24, 2.45) is 0 Å². The van der Waals surface area contributed by atoms with Gasteiger partial charge >= 0.3 is 0 Å². The molecular weight excluding hydrogens is 524 g/mol. The highest BCUT2D eigenvalue weighted by molar-refractivity contribution is 7.92. The number of halogens is 1. The average Bonchev–Trinajstić information content (AvgIpc) is 2.87. The number of carbonyl (C=O) groups excluding carboxylic acids is 1. The van der Waals surface area contributed by atoms with E-state index in [4.69, 9.17) is 0 Å². The topological polar surface area (TPSA) is 111 Å². The van der Waals surface area contributed by atoms with E-state index < -0.39 is 22.2 Å². The minimum Gasteiger partial charge on any atom is -0.390 e. The fourth-order valence-electron chi connectivity index (χ4n) is 4.67. The lowest BCUT2D eigenvalue weighted by atomic mass is 10.00. The Morgan fingerprint density at radius 1 is 1.11 bits per heavy atom. The third kappa shape index (κ3) is 9.15. The molecule has 10 heteroatoms. The van der Waals surface area contributed by atoms with E-state index in [-0.39, 0.29) is 30.1 Å². The number of hydrogen-bond donors (Lipinski definition) is 4. The maximum absolute atomic E-state index is 13.5. The van der Waals surface area contributed by atoms with Crippen LogP contribution in [0.2, 0.25) is 0 Å². The number of sulfonamides is 1. The van der Waals surface area contributed by atoms with Crippen LogP contribution < -0.4 is 20.3 Å². The van der Waals surface area contributed by atoms with Crippen LogP contribution in [-0.4, -0.2) is 63.0 Å². The van der Waals surface area contributed by atoms with Crippen LogP contribution >= 0.6 is 12.4 Å². The minimum atomic E-state index is -3.42. The van der Waals surface area contributed by atoms with Gasteiger partial charge in [-0.3, -0.25) is 9.10 Å². The standard InChI is InChI=1S/C28H42N4O4S.ClH/c1-4-11-21(3)30-20-27(33)26(16-22-12-7-6-8-13-22)31-28(34)23-17-24(29-5-2)19-25(18-23)32-14-9-10-15-37(32,35)36;/h6-8,12-13,17-19,21,26-27,29-30,33H,4-5,9-11,14-16,20H2,1-3H3,(H,31,34);1H/t21?,26-,27+;/m0./s1. The van der Waals surface area contributed by atoms with Gasteiger partial charge in [-0.2, -0.15) is 0 Å². The summed E-state index contributed by atoms with van der Waals surface area (Å²) in [5, 5.41) is 20.7. The lowest BCUT2D eigenvalue weighted by molar-refractivity contribution is 0.0825. The highest BCUT2D eigenvalue weighted by Gasteiger charge is 2.28. The zero-order chi connectivity index (χ0) is 26.8.